The molecule has 3 amide bonds. The third-order valence-electron chi connectivity index (χ3n) is 5.52. The van der Waals surface area contributed by atoms with Crippen LogP contribution >= 0.6 is 0 Å². The maximum Gasteiger partial charge on any atom is 0.329 e. The monoisotopic (exact) mass is 475 g/mol. The molecule has 9 nitrogen and oxygen atoms in total. The fourth-order valence-corrected chi connectivity index (χ4v) is 4.03. The number of carbonyl (C=O) groups excluding carboxylic acids is 4. The number of urea groups is 1. The van der Waals surface area contributed by atoms with Crippen LogP contribution in [0.25, 0.3) is 0 Å². The van der Waals surface area contributed by atoms with Gasteiger partial charge in [0.2, 0.25) is 5.91 Å². The highest BCUT2D eigenvalue weighted by Gasteiger charge is 2.42. The van der Waals surface area contributed by atoms with Crippen LogP contribution in [0.15, 0.2) is 30.3 Å². The van der Waals surface area contributed by atoms with Gasteiger partial charge in [-0.1, -0.05) is 30.3 Å². The van der Waals surface area contributed by atoms with E-state index >= 15 is 0 Å². The Labute approximate surface area is 201 Å². The summed E-state index contributed by atoms with van der Waals surface area (Å²) in [6.07, 6.45) is 0.798. The number of benzene rings is 1. The van der Waals surface area contributed by atoms with Crippen molar-refractivity contribution in [1.29, 1.82) is 0 Å². The third-order valence-corrected chi connectivity index (χ3v) is 5.52. The summed E-state index contributed by atoms with van der Waals surface area (Å²) in [6.45, 7) is 9.50. The Morgan fingerprint density at radius 2 is 1.76 bits per heavy atom. The Bertz CT molecular complexity index is 842. The summed E-state index contributed by atoms with van der Waals surface area (Å²) in [6, 6.07) is 6.48. The molecule has 34 heavy (non-hydrogen) atoms. The van der Waals surface area contributed by atoms with Gasteiger partial charge in [0.25, 0.3) is 0 Å². The molecule has 1 heterocycles. The SMILES string of the molecule is CCOC(=O)CC(C(=O)N1CCC[C@H]1C(=O)OCc1ccccc1)N(C(=O)NC(C)C)C(C)C. The first-order valence-electron chi connectivity index (χ1n) is 11.9. The van der Waals surface area contributed by atoms with Gasteiger partial charge in [-0.05, 0) is 53.0 Å². The van der Waals surface area contributed by atoms with E-state index in [4.69, 9.17) is 9.47 Å². The molecule has 1 aliphatic heterocycles. The molecule has 9 heteroatoms. The van der Waals surface area contributed by atoms with Gasteiger partial charge in [0, 0.05) is 18.6 Å². The van der Waals surface area contributed by atoms with Gasteiger partial charge in [-0.3, -0.25) is 9.59 Å². The largest absolute Gasteiger partial charge is 0.466 e. The standard InChI is InChI=1S/C25H37N3O6/c1-6-33-22(29)15-21(28(18(4)5)25(32)26-17(2)3)23(30)27-14-10-13-20(27)24(31)34-16-19-11-8-7-9-12-19/h7-9,11-12,17-18,20-21H,6,10,13-16H2,1-5H3,(H,26,32)/t20-,21?/m0/s1. The molecule has 2 rings (SSSR count). The van der Waals surface area contributed by atoms with Crippen molar-refractivity contribution < 1.29 is 28.7 Å². The smallest absolute Gasteiger partial charge is 0.329 e. The van der Waals surface area contributed by atoms with E-state index in [2.05, 4.69) is 5.32 Å². The second-order valence-corrected chi connectivity index (χ2v) is 8.91. The van der Waals surface area contributed by atoms with E-state index in [1.807, 2.05) is 44.2 Å². The van der Waals surface area contributed by atoms with Crippen LogP contribution < -0.4 is 5.32 Å². The van der Waals surface area contributed by atoms with Crippen molar-refractivity contribution in [2.75, 3.05) is 13.2 Å². The molecule has 188 valence electrons. The molecule has 1 saturated heterocycles. The van der Waals surface area contributed by atoms with Crippen molar-refractivity contribution in [2.24, 2.45) is 0 Å². The first-order chi connectivity index (χ1) is 16.1. The molecule has 2 atom stereocenters. The van der Waals surface area contributed by atoms with E-state index in [-0.39, 0.29) is 31.7 Å². The van der Waals surface area contributed by atoms with Crippen LogP contribution in [0.1, 0.15) is 59.4 Å². The fourth-order valence-electron chi connectivity index (χ4n) is 4.03. The van der Waals surface area contributed by atoms with Gasteiger partial charge in [0.15, 0.2) is 0 Å². The molecular weight excluding hydrogens is 438 g/mol. The molecule has 1 aliphatic rings. The summed E-state index contributed by atoms with van der Waals surface area (Å²) in [4.78, 5) is 54.7. The van der Waals surface area contributed by atoms with E-state index in [0.717, 1.165) is 5.56 Å². The van der Waals surface area contributed by atoms with Crippen molar-refractivity contribution in [2.45, 2.75) is 84.7 Å². The number of carbonyl (C=O) groups is 4. The van der Waals surface area contributed by atoms with Gasteiger partial charge < -0.3 is 24.6 Å². The number of esters is 2. The van der Waals surface area contributed by atoms with Crippen LogP contribution in [0.2, 0.25) is 0 Å². The van der Waals surface area contributed by atoms with Gasteiger partial charge in [0.05, 0.1) is 13.0 Å². The Morgan fingerprint density at radius 1 is 1.09 bits per heavy atom. The van der Waals surface area contributed by atoms with Crippen molar-refractivity contribution in [3.63, 3.8) is 0 Å². The van der Waals surface area contributed by atoms with Gasteiger partial charge in [-0.15, -0.1) is 0 Å². The van der Waals surface area contributed by atoms with Gasteiger partial charge in [-0.2, -0.15) is 0 Å². The summed E-state index contributed by atoms with van der Waals surface area (Å²) < 4.78 is 10.6. The molecule has 0 bridgehead atoms. The summed E-state index contributed by atoms with van der Waals surface area (Å²) in [5, 5.41) is 2.80. The predicted octanol–water partition coefficient (Wildman–Crippen LogP) is 2.87. The number of nitrogens with zero attached hydrogens (tertiary/aromatic N) is 2. The average molecular weight is 476 g/mol. The molecule has 1 aromatic carbocycles. The van der Waals surface area contributed by atoms with Gasteiger partial charge in [0.1, 0.15) is 18.7 Å². The lowest BCUT2D eigenvalue weighted by molar-refractivity contribution is -0.157. The zero-order chi connectivity index (χ0) is 25.3. The van der Waals surface area contributed by atoms with Gasteiger partial charge in [-0.25, -0.2) is 9.59 Å². The Balaban J connectivity index is 2.24. The van der Waals surface area contributed by atoms with Gasteiger partial charge >= 0.3 is 18.0 Å². The highest BCUT2D eigenvalue weighted by atomic mass is 16.5. The summed E-state index contributed by atoms with van der Waals surface area (Å²) >= 11 is 0. The topological polar surface area (TPSA) is 105 Å². The number of rotatable bonds is 10. The van der Waals surface area contributed by atoms with Crippen LogP contribution in [-0.2, 0) is 30.5 Å². The highest BCUT2D eigenvalue weighted by Crippen LogP contribution is 2.24. The summed E-state index contributed by atoms with van der Waals surface area (Å²) in [7, 11) is 0. The van der Waals surface area contributed by atoms with Crippen LogP contribution in [-0.4, -0.2) is 71.0 Å². The number of amides is 3. The molecule has 1 aromatic rings. The lowest BCUT2D eigenvalue weighted by atomic mass is 10.1. The van der Waals surface area contributed by atoms with Crippen LogP contribution in [0.3, 0.4) is 0 Å². The third kappa shape index (κ3) is 7.46. The average Bonchev–Trinajstić information content (AvgIpc) is 3.26. The minimum absolute atomic E-state index is 0.110. The van der Waals surface area contributed by atoms with Crippen molar-refractivity contribution in [1.82, 2.24) is 15.1 Å². The molecule has 1 N–H and O–H groups in total. The fraction of sp³-hybridized carbons (Fsp3) is 0.600. The molecule has 0 saturated carbocycles. The second-order valence-electron chi connectivity index (χ2n) is 8.91. The van der Waals surface area contributed by atoms with Crippen LogP contribution in [0, 0.1) is 0 Å². The normalized spacial score (nSPS) is 16.3. The second kappa shape index (κ2) is 13.0. The van der Waals surface area contributed by atoms with Crippen molar-refractivity contribution in [3.05, 3.63) is 35.9 Å². The quantitative estimate of drug-likeness (QED) is 0.522. The molecule has 0 radical (unpaired) electrons. The molecule has 0 spiro atoms. The summed E-state index contributed by atoms with van der Waals surface area (Å²) in [5.41, 5.74) is 0.850. The zero-order valence-corrected chi connectivity index (χ0v) is 20.8. The highest BCUT2D eigenvalue weighted by molar-refractivity contribution is 5.93. The number of likely N-dealkylation sites (tertiary alicyclic amines) is 1. The van der Waals surface area contributed by atoms with Crippen molar-refractivity contribution in [3.8, 4) is 0 Å². The molecule has 1 fully saturated rings. The zero-order valence-electron chi connectivity index (χ0n) is 20.8. The maximum absolute atomic E-state index is 13.7. The Morgan fingerprint density at radius 3 is 2.35 bits per heavy atom. The van der Waals surface area contributed by atoms with Crippen LogP contribution in [0.5, 0.6) is 0 Å². The maximum atomic E-state index is 13.7. The van der Waals surface area contributed by atoms with Crippen LogP contribution in [0.4, 0.5) is 4.79 Å². The van der Waals surface area contributed by atoms with E-state index < -0.39 is 36.0 Å². The number of ether oxygens (including phenoxy) is 2. The van der Waals surface area contributed by atoms with E-state index in [9.17, 15) is 19.2 Å². The van der Waals surface area contributed by atoms with E-state index in [1.165, 1.54) is 9.80 Å². The first kappa shape index (κ1) is 27.1. The molecule has 0 aliphatic carbocycles. The van der Waals surface area contributed by atoms with E-state index in [0.29, 0.717) is 19.4 Å². The lowest BCUT2D eigenvalue weighted by Crippen LogP contribution is -2.59. The van der Waals surface area contributed by atoms with Crippen molar-refractivity contribution >= 4 is 23.9 Å². The number of nitrogens with one attached hydrogen (secondary N) is 1. The lowest BCUT2D eigenvalue weighted by Gasteiger charge is -2.37. The summed E-state index contributed by atoms with van der Waals surface area (Å²) in [5.74, 6) is -1.53. The number of hydrogen-bond acceptors (Lipinski definition) is 6. The molecule has 1 unspecified atom stereocenters. The predicted molar refractivity (Wildman–Crippen MR) is 127 cm³/mol. The number of hydrogen-bond donors (Lipinski definition) is 1. The first-order valence-corrected chi connectivity index (χ1v) is 11.9. The minimum Gasteiger partial charge on any atom is -0.466 e. The minimum atomic E-state index is -1.10. The Kier molecular flexibility index (Phi) is 10.3. The molecular formula is C25H37N3O6. The Hall–Kier alpha value is -3.10. The molecule has 0 aromatic heterocycles. The van der Waals surface area contributed by atoms with E-state index in [1.54, 1.807) is 20.8 Å².